The zero-order valence-electron chi connectivity index (χ0n) is 9.70. The van der Waals surface area contributed by atoms with Gasteiger partial charge in [-0.2, -0.15) is 0 Å². The average molecular weight is 294 g/mol. The van der Waals surface area contributed by atoms with Crippen LogP contribution in [0.2, 0.25) is 0 Å². The first-order valence-corrected chi connectivity index (χ1v) is 5.35. The summed E-state index contributed by atoms with van der Waals surface area (Å²) >= 11 is 0. The van der Waals surface area contributed by atoms with E-state index in [2.05, 4.69) is 15.6 Å². The smallest absolute Gasteiger partial charge is 0.269 e. The quantitative estimate of drug-likeness (QED) is 0.746. The van der Waals surface area contributed by atoms with E-state index >= 15 is 0 Å². The van der Waals surface area contributed by atoms with Gasteiger partial charge in [-0.25, -0.2) is 0 Å². The van der Waals surface area contributed by atoms with E-state index in [1.54, 1.807) is 24.4 Å². The lowest BCUT2D eigenvalue weighted by Gasteiger charge is -2.13. The first kappa shape index (κ1) is 17.1. The summed E-state index contributed by atoms with van der Waals surface area (Å²) < 4.78 is 0. The standard InChI is InChI=1S/C11H15N3O2.2ClH/c15-10-7-12-5-8(10)6-14-11(16)9-3-1-2-4-13-9;;/h1-4,8,10,12,15H,5-7H2,(H,14,16);2*1H. The molecule has 0 bridgehead atoms. The molecule has 102 valence electrons. The first-order chi connectivity index (χ1) is 7.77. The molecule has 1 amide bonds. The van der Waals surface area contributed by atoms with E-state index in [4.69, 9.17) is 0 Å². The van der Waals surface area contributed by atoms with Crippen molar-refractivity contribution in [3.63, 3.8) is 0 Å². The first-order valence-electron chi connectivity index (χ1n) is 5.35. The Kier molecular flexibility index (Phi) is 7.86. The Morgan fingerprint density at radius 1 is 1.44 bits per heavy atom. The second-order valence-electron chi connectivity index (χ2n) is 3.91. The number of aliphatic hydroxyl groups excluding tert-OH is 1. The molecule has 1 fully saturated rings. The molecule has 2 rings (SSSR count). The van der Waals surface area contributed by atoms with Crippen LogP contribution >= 0.6 is 24.8 Å². The maximum atomic E-state index is 11.6. The molecule has 0 aromatic carbocycles. The number of hydrogen-bond donors (Lipinski definition) is 3. The zero-order valence-corrected chi connectivity index (χ0v) is 11.3. The van der Waals surface area contributed by atoms with Crippen molar-refractivity contribution in [1.29, 1.82) is 0 Å². The SMILES string of the molecule is Cl.Cl.O=C(NCC1CNCC1O)c1ccccn1. The van der Waals surface area contributed by atoms with Crippen molar-refractivity contribution in [2.45, 2.75) is 6.10 Å². The molecule has 0 spiro atoms. The summed E-state index contributed by atoms with van der Waals surface area (Å²) in [5.74, 6) is -0.104. The van der Waals surface area contributed by atoms with Crippen LogP contribution in [0.4, 0.5) is 0 Å². The number of hydrogen-bond acceptors (Lipinski definition) is 4. The topological polar surface area (TPSA) is 74.2 Å². The summed E-state index contributed by atoms with van der Waals surface area (Å²) in [5.41, 5.74) is 0.406. The van der Waals surface area contributed by atoms with Crippen LogP contribution in [0.15, 0.2) is 24.4 Å². The van der Waals surface area contributed by atoms with E-state index in [0.717, 1.165) is 6.54 Å². The Balaban J connectivity index is 0.00000144. The second-order valence-corrected chi connectivity index (χ2v) is 3.91. The van der Waals surface area contributed by atoms with Crippen LogP contribution < -0.4 is 10.6 Å². The van der Waals surface area contributed by atoms with Crippen molar-refractivity contribution in [2.24, 2.45) is 5.92 Å². The van der Waals surface area contributed by atoms with E-state index in [0.29, 0.717) is 18.8 Å². The van der Waals surface area contributed by atoms with Crippen molar-refractivity contribution >= 4 is 30.7 Å². The Morgan fingerprint density at radius 2 is 2.22 bits per heavy atom. The summed E-state index contributed by atoms with van der Waals surface area (Å²) in [4.78, 5) is 15.6. The predicted molar refractivity (Wildman–Crippen MR) is 73.4 cm³/mol. The highest BCUT2D eigenvalue weighted by molar-refractivity contribution is 5.92. The Labute approximate surface area is 118 Å². The molecule has 2 heterocycles. The summed E-state index contributed by atoms with van der Waals surface area (Å²) in [7, 11) is 0. The lowest BCUT2D eigenvalue weighted by molar-refractivity contribution is 0.0922. The van der Waals surface area contributed by atoms with Crippen molar-refractivity contribution in [1.82, 2.24) is 15.6 Å². The molecular formula is C11H17Cl2N3O2. The highest BCUT2D eigenvalue weighted by atomic mass is 35.5. The lowest BCUT2D eigenvalue weighted by Crippen LogP contribution is -2.34. The number of β-amino-alcohol motifs (C(OH)–C–C–N with tert-alkyl or cyclic N) is 1. The van der Waals surface area contributed by atoms with Crippen LogP contribution in [0.1, 0.15) is 10.5 Å². The Morgan fingerprint density at radius 3 is 2.78 bits per heavy atom. The molecule has 5 nitrogen and oxygen atoms in total. The molecule has 3 N–H and O–H groups in total. The maximum Gasteiger partial charge on any atom is 0.269 e. The number of amides is 1. The number of carbonyl (C=O) groups is 1. The van der Waals surface area contributed by atoms with Gasteiger partial charge in [0.2, 0.25) is 0 Å². The van der Waals surface area contributed by atoms with Gasteiger partial charge in [0, 0.05) is 31.7 Å². The maximum absolute atomic E-state index is 11.6. The molecule has 2 unspecified atom stereocenters. The van der Waals surface area contributed by atoms with Crippen molar-refractivity contribution in [2.75, 3.05) is 19.6 Å². The number of carbonyl (C=O) groups excluding carboxylic acids is 1. The van der Waals surface area contributed by atoms with Gasteiger partial charge in [0.25, 0.3) is 5.91 Å². The van der Waals surface area contributed by atoms with Gasteiger partial charge in [0.05, 0.1) is 6.10 Å². The van der Waals surface area contributed by atoms with E-state index < -0.39 is 0 Å². The highest BCUT2D eigenvalue weighted by Crippen LogP contribution is 2.07. The molecule has 0 aliphatic carbocycles. The fourth-order valence-corrected chi connectivity index (χ4v) is 1.74. The fraction of sp³-hybridized carbons (Fsp3) is 0.455. The molecule has 0 radical (unpaired) electrons. The van der Waals surface area contributed by atoms with E-state index in [-0.39, 0.29) is 42.7 Å². The minimum absolute atomic E-state index is 0. The summed E-state index contributed by atoms with van der Waals surface area (Å²) in [6.45, 7) is 1.82. The van der Waals surface area contributed by atoms with E-state index in [1.165, 1.54) is 0 Å². The van der Waals surface area contributed by atoms with E-state index in [1.807, 2.05) is 0 Å². The normalized spacial score (nSPS) is 21.6. The van der Waals surface area contributed by atoms with Gasteiger partial charge in [0.15, 0.2) is 0 Å². The minimum Gasteiger partial charge on any atom is -0.391 e. The molecule has 1 aromatic rings. The second kappa shape index (κ2) is 8.26. The summed E-state index contributed by atoms with van der Waals surface area (Å²) in [6, 6.07) is 5.20. The number of rotatable bonds is 3. The number of aromatic nitrogens is 1. The number of nitrogens with one attached hydrogen (secondary N) is 2. The van der Waals surface area contributed by atoms with Gasteiger partial charge in [-0.3, -0.25) is 9.78 Å². The highest BCUT2D eigenvalue weighted by Gasteiger charge is 2.25. The third-order valence-corrected chi connectivity index (χ3v) is 2.73. The fourth-order valence-electron chi connectivity index (χ4n) is 1.74. The van der Waals surface area contributed by atoms with Gasteiger partial charge in [0.1, 0.15) is 5.69 Å². The molecule has 1 aliphatic heterocycles. The number of halogens is 2. The molecule has 2 atom stereocenters. The molecule has 1 saturated heterocycles. The third-order valence-electron chi connectivity index (χ3n) is 2.73. The molecule has 1 aliphatic rings. The van der Waals surface area contributed by atoms with Gasteiger partial charge >= 0.3 is 0 Å². The summed E-state index contributed by atoms with van der Waals surface area (Å²) in [6.07, 6.45) is 1.21. The molecule has 18 heavy (non-hydrogen) atoms. The van der Waals surface area contributed by atoms with Gasteiger partial charge in [-0.1, -0.05) is 6.07 Å². The van der Waals surface area contributed by atoms with Crippen LogP contribution in [0.3, 0.4) is 0 Å². The number of pyridine rings is 1. The third kappa shape index (κ3) is 4.42. The van der Waals surface area contributed by atoms with Crippen LogP contribution in [0.5, 0.6) is 0 Å². The van der Waals surface area contributed by atoms with Crippen LogP contribution in [0.25, 0.3) is 0 Å². The lowest BCUT2D eigenvalue weighted by atomic mass is 10.1. The van der Waals surface area contributed by atoms with Crippen molar-refractivity contribution < 1.29 is 9.90 Å². The van der Waals surface area contributed by atoms with E-state index in [9.17, 15) is 9.90 Å². The number of nitrogens with zero attached hydrogens (tertiary/aromatic N) is 1. The van der Waals surface area contributed by atoms with Crippen LogP contribution in [-0.4, -0.2) is 41.7 Å². The van der Waals surface area contributed by atoms with Crippen LogP contribution in [0, 0.1) is 5.92 Å². The molecule has 0 saturated carbocycles. The zero-order chi connectivity index (χ0) is 11.4. The minimum atomic E-state index is -0.371. The average Bonchev–Trinajstić information content (AvgIpc) is 2.73. The molecule has 7 heteroatoms. The largest absolute Gasteiger partial charge is 0.391 e. The monoisotopic (exact) mass is 293 g/mol. The van der Waals surface area contributed by atoms with Crippen LogP contribution in [-0.2, 0) is 0 Å². The van der Waals surface area contributed by atoms with Crippen molar-refractivity contribution in [3.8, 4) is 0 Å². The van der Waals surface area contributed by atoms with Gasteiger partial charge in [-0.15, -0.1) is 24.8 Å². The van der Waals surface area contributed by atoms with Crippen molar-refractivity contribution in [3.05, 3.63) is 30.1 Å². The Bertz CT molecular complexity index is 365. The predicted octanol–water partition coefficient (Wildman–Crippen LogP) is 0.235. The number of aliphatic hydroxyl groups is 1. The Hall–Kier alpha value is -0.880. The molecular weight excluding hydrogens is 277 g/mol. The van der Waals surface area contributed by atoms with Gasteiger partial charge in [-0.05, 0) is 12.1 Å². The molecule has 1 aromatic heterocycles. The van der Waals surface area contributed by atoms with Gasteiger partial charge < -0.3 is 15.7 Å². The summed E-state index contributed by atoms with van der Waals surface area (Å²) in [5, 5.41) is 15.4.